The van der Waals surface area contributed by atoms with Crippen molar-refractivity contribution in [3.8, 4) is 0 Å². The van der Waals surface area contributed by atoms with Crippen LogP contribution >= 0.6 is 34.4 Å². The molecule has 3 aliphatic rings. The van der Waals surface area contributed by atoms with Gasteiger partial charge in [-0.05, 0) is 30.7 Å². The third-order valence-corrected chi connectivity index (χ3v) is 9.31. The first kappa shape index (κ1) is 19.1. The Hall–Kier alpha value is -1.91. The molecule has 152 valence electrons. The number of hydrogen-bond donors (Lipinski definition) is 1. The number of fused-ring (bicyclic) bond motifs is 2. The van der Waals surface area contributed by atoms with E-state index < -0.39 is 11.2 Å². The lowest BCUT2D eigenvalue weighted by Gasteiger charge is -2.30. The quantitative estimate of drug-likeness (QED) is 0.723. The highest BCUT2D eigenvalue weighted by molar-refractivity contribution is 8.00. The van der Waals surface area contributed by atoms with E-state index in [1.54, 1.807) is 0 Å². The molecular weight excluding hydrogens is 430 g/mol. The minimum absolute atomic E-state index is 0.0121. The molecule has 0 aromatic carbocycles. The van der Waals surface area contributed by atoms with Gasteiger partial charge >= 0.3 is 4.87 Å². The zero-order valence-electron chi connectivity index (χ0n) is 15.5. The predicted molar refractivity (Wildman–Crippen MR) is 111 cm³/mol. The average molecular weight is 450 g/mol. The first-order valence-electron chi connectivity index (χ1n) is 9.60. The number of thiophene rings is 1. The Kier molecular flexibility index (Phi) is 4.87. The Balaban J connectivity index is 1.55. The van der Waals surface area contributed by atoms with Crippen molar-refractivity contribution in [2.24, 2.45) is 5.92 Å². The Morgan fingerprint density at radius 2 is 1.93 bits per heavy atom. The Morgan fingerprint density at radius 1 is 1.14 bits per heavy atom. The molecule has 7 nitrogen and oxygen atoms in total. The lowest BCUT2D eigenvalue weighted by Crippen LogP contribution is -2.39. The number of likely N-dealkylation sites (tertiary alicyclic amines) is 1. The van der Waals surface area contributed by atoms with Crippen molar-refractivity contribution in [1.82, 2.24) is 14.8 Å². The van der Waals surface area contributed by atoms with Gasteiger partial charge in [-0.3, -0.25) is 29.1 Å². The number of amides is 3. The molecule has 3 amide bonds. The molecule has 2 aromatic rings. The summed E-state index contributed by atoms with van der Waals surface area (Å²) in [7, 11) is 0. The van der Waals surface area contributed by atoms with Gasteiger partial charge in [0.2, 0.25) is 17.7 Å². The number of rotatable bonds is 3. The van der Waals surface area contributed by atoms with Crippen LogP contribution in [0, 0.1) is 5.92 Å². The van der Waals surface area contributed by atoms with Crippen molar-refractivity contribution < 1.29 is 14.4 Å². The van der Waals surface area contributed by atoms with E-state index in [1.807, 2.05) is 22.4 Å². The Labute approximate surface area is 179 Å². The van der Waals surface area contributed by atoms with Gasteiger partial charge in [-0.1, -0.05) is 29.2 Å². The highest BCUT2D eigenvalue weighted by atomic mass is 32.2. The van der Waals surface area contributed by atoms with Crippen molar-refractivity contribution in [2.45, 2.75) is 42.0 Å². The molecule has 2 aromatic heterocycles. The lowest BCUT2D eigenvalue weighted by atomic mass is 9.87. The molecule has 0 spiro atoms. The summed E-state index contributed by atoms with van der Waals surface area (Å²) in [6.45, 7) is 1.45. The zero-order valence-corrected chi connectivity index (χ0v) is 17.9. The van der Waals surface area contributed by atoms with E-state index >= 15 is 0 Å². The van der Waals surface area contributed by atoms with Gasteiger partial charge in [0.25, 0.3) is 0 Å². The Morgan fingerprint density at radius 3 is 2.66 bits per heavy atom. The molecule has 2 saturated heterocycles. The minimum atomic E-state index is -0.576. The van der Waals surface area contributed by atoms with Gasteiger partial charge in [-0.25, -0.2) is 0 Å². The van der Waals surface area contributed by atoms with E-state index in [1.165, 1.54) is 27.7 Å². The number of thioether (sulfide) groups is 1. The third-order valence-electron chi connectivity index (χ3n) is 5.74. The van der Waals surface area contributed by atoms with Gasteiger partial charge in [0.15, 0.2) is 0 Å². The van der Waals surface area contributed by atoms with Crippen molar-refractivity contribution in [3.63, 3.8) is 0 Å². The standard InChI is InChI=1S/C19H19N3O4S3/c23-11(21-6-2-1-3-7-21)9-22-18-15(29-19(22)26)12(10-5-4-8-27-10)13-14(28-18)17(25)20-16(13)24/h4-5,8,12-14H,1-3,6-7,9H2,(H,20,24,25). The molecule has 1 N–H and O–H groups in total. The maximum atomic E-state index is 12.8. The maximum absolute atomic E-state index is 12.8. The minimum Gasteiger partial charge on any atom is -0.341 e. The van der Waals surface area contributed by atoms with Crippen LogP contribution < -0.4 is 10.2 Å². The van der Waals surface area contributed by atoms with Gasteiger partial charge in [0.1, 0.15) is 11.8 Å². The van der Waals surface area contributed by atoms with Gasteiger partial charge in [-0.15, -0.1) is 11.3 Å². The smallest absolute Gasteiger partial charge is 0.308 e. The number of thiazole rings is 1. The number of piperidine rings is 1. The monoisotopic (exact) mass is 449 g/mol. The molecule has 3 unspecified atom stereocenters. The average Bonchev–Trinajstić information content (AvgIpc) is 3.42. The first-order chi connectivity index (χ1) is 14.0. The molecule has 3 atom stereocenters. The normalized spacial score (nSPS) is 26.2. The van der Waals surface area contributed by atoms with Gasteiger partial charge in [0, 0.05) is 28.8 Å². The fraction of sp³-hybridized carbons (Fsp3) is 0.474. The summed E-state index contributed by atoms with van der Waals surface area (Å²) in [5.74, 6) is -1.51. The van der Waals surface area contributed by atoms with Crippen LogP contribution in [0.25, 0.3) is 0 Å². The van der Waals surface area contributed by atoms with E-state index in [4.69, 9.17) is 0 Å². The van der Waals surface area contributed by atoms with Crippen molar-refractivity contribution in [1.29, 1.82) is 0 Å². The molecule has 0 saturated carbocycles. The molecule has 0 aliphatic carbocycles. The van der Waals surface area contributed by atoms with Crippen LogP contribution in [0.15, 0.2) is 27.3 Å². The predicted octanol–water partition coefficient (Wildman–Crippen LogP) is 1.86. The van der Waals surface area contributed by atoms with Crippen molar-refractivity contribution in [2.75, 3.05) is 13.1 Å². The number of carbonyl (C=O) groups excluding carboxylic acids is 3. The molecule has 0 bridgehead atoms. The van der Waals surface area contributed by atoms with Crippen molar-refractivity contribution >= 4 is 52.2 Å². The highest BCUT2D eigenvalue weighted by Crippen LogP contribution is 2.52. The number of aromatic nitrogens is 1. The SMILES string of the molecule is O=C1NC(=O)C2C1Sc1c(sc(=O)n1CC(=O)N1CCCCC1)C2c1cccs1. The van der Waals surface area contributed by atoms with Crippen molar-refractivity contribution in [3.05, 3.63) is 36.9 Å². The second-order valence-corrected chi connectivity index (χ2v) is 10.6. The summed E-state index contributed by atoms with van der Waals surface area (Å²) in [4.78, 5) is 53.9. The van der Waals surface area contributed by atoms with E-state index in [2.05, 4.69) is 5.32 Å². The fourth-order valence-corrected chi connectivity index (χ4v) is 8.02. The molecule has 29 heavy (non-hydrogen) atoms. The van der Waals surface area contributed by atoms with Crippen LogP contribution in [0.3, 0.4) is 0 Å². The first-order valence-corrected chi connectivity index (χ1v) is 12.2. The number of nitrogens with one attached hydrogen (secondary N) is 1. The second-order valence-electron chi connectivity index (χ2n) is 7.48. The zero-order chi connectivity index (χ0) is 20.1. The van der Waals surface area contributed by atoms with Gasteiger partial charge < -0.3 is 4.90 Å². The summed E-state index contributed by atoms with van der Waals surface area (Å²) in [6, 6.07) is 3.85. The van der Waals surface area contributed by atoms with Gasteiger partial charge in [-0.2, -0.15) is 0 Å². The third kappa shape index (κ3) is 3.17. The van der Waals surface area contributed by atoms with Gasteiger partial charge in [0.05, 0.1) is 10.9 Å². The van der Waals surface area contributed by atoms with Crippen LogP contribution in [-0.2, 0) is 20.9 Å². The largest absolute Gasteiger partial charge is 0.341 e. The maximum Gasteiger partial charge on any atom is 0.308 e. The lowest BCUT2D eigenvalue weighted by molar-refractivity contribution is -0.133. The molecule has 5 rings (SSSR count). The second kappa shape index (κ2) is 7.41. The van der Waals surface area contributed by atoms with Crippen LogP contribution in [0.2, 0.25) is 0 Å². The molecule has 0 radical (unpaired) electrons. The van der Waals surface area contributed by atoms with Crippen LogP contribution in [-0.4, -0.2) is 45.5 Å². The molecule has 2 fully saturated rings. The van der Waals surface area contributed by atoms with E-state index in [-0.39, 0.29) is 35.1 Å². The molecule has 5 heterocycles. The summed E-state index contributed by atoms with van der Waals surface area (Å²) in [5.41, 5.74) is 0. The van der Waals surface area contributed by atoms with E-state index in [0.717, 1.165) is 53.4 Å². The highest BCUT2D eigenvalue weighted by Gasteiger charge is 2.53. The molecular formula is C19H19N3O4S3. The van der Waals surface area contributed by atoms with E-state index in [9.17, 15) is 19.2 Å². The van der Waals surface area contributed by atoms with E-state index in [0.29, 0.717) is 5.03 Å². The van der Waals surface area contributed by atoms with Crippen LogP contribution in [0.4, 0.5) is 0 Å². The number of carbonyl (C=O) groups is 3. The number of imide groups is 1. The molecule has 10 heteroatoms. The number of hydrogen-bond acceptors (Lipinski definition) is 7. The fourth-order valence-electron chi connectivity index (χ4n) is 4.33. The Bertz CT molecular complexity index is 1040. The summed E-state index contributed by atoms with van der Waals surface area (Å²) in [6.07, 6.45) is 3.11. The van der Waals surface area contributed by atoms with Crippen LogP contribution in [0.1, 0.15) is 34.9 Å². The van der Waals surface area contributed by atoms with Crippen LogP contribution in [0.5, 0.6) is 0 Å². The molecule has 3 aliphatic heterocycles. The summed E-state index contributed by atoms with van der Waals surface area (Å²) in [5, 5.41) is 4.47. The summed E-state index contributed by atoms with van der Waals surface area (Å²) < 4.78 is 1.51. The topological polar surface area (TPSA) is 88.5 Å². The number of nitrogens with zero attached hydrogens (tertiary/aromatic N) is 2. The summed E-state index contributed by atoms with van der Waals surface area (Å²) >= 11 is 3.86.